The van der Waals surface area contributed by atoms with Gasteiger partial charge in [0.15, 0.2) is 0 Å². The van der Waals surface area contributed by atoms with Crippen LogP contribution in [0.25, 0.3) is 17.1 Å². The molecular formula is C19H25N5O3. The maximum atomic E-state index is 12.1. The number of H-pyrrole nitrogens is 1. The molecule has 0 aromatic carbocycles. The first-order valence-electron chi connectivity index (χ1n) is 9.05. The highest BCUT2D eigenvalue weighted by atomic mass is 16.6. The first-order valence-corrected chi connectivity index (χ1v) is 9.05. The number of nitrogens with zero attached hydrogens (tertiary/aromatic N) is 3. The molecule has 3 N–H and O–H groups in total. The predicted octanol–water partition coefficient (Wildman–Crippen LogP) is 1.98. The lowest BCUT2D eigenvalue weighted by atomic mass is 10.2. The van der Waals surface area contributed by atoms with E-state index in [9.17, 15) is 9.59 Å². The van der Waals surface area contributed by atoms with Crippen molar-refractivity contribution < 1.29 is 14.3 Å². The summed E-state index contributed by atoms with van der Waals surface area (Å²) in [5, 5.41) is 0.920. The van der Waals surface area contributed by atoms with E-state index >= 15 is 0 Å². The minimum Gasteiger partial charge on any atom is -0.449 e. The van der Waals surface area contributed by atoms with Crippen LogP contribution in [-0.4, -0.2) is 59.7 Å². The fourth-order valence-electron chi connectivity index (χ4n) is 2.97. The highest BCUT2D eigenvalue weighted by molar-refractivity contribution is 5.95. The summed E-state index contributed by atoms with van der Waals surface area (Å²) in [4.78, 5) is 34.5. The maximum absolute atomic E-state index is 12.1. The number of pyridine rings is 1. The topological polar surface area (TPSA) is 105 Å². The average Bonchev–Trinajstić information content (AvgIpc) is 3.06. The molecule has 2 amide bonds. The molecule has 144 valence electrons. The fourth-order valence-corrected chi connectivity index (χ4v) is 2.97. The van der Waals surface area contributed by atoms with Gasteiger partial charge in [-0.05, 0) is 18.1 Å². The third-order valence-corrected chi connectivity index (χ3v) is 4.42. The van der Waals surface area contributed by atoms with Crippen LogP contribution in [0.15, 0.2) is 24.5 Å². The molecular weight excluding hydrogens is 346 g/mol. The van der Waals surface area contributed by atoms with Crippen LogP contribution < -0.4 is 10.6 Å². The third-order valence-electron chi connectivity index (χ3n) is 4.42. The number of piperazine rings is 1. The molecule has 2 aromatic heterocycles. The molecule has 0 unspecified atom stereocenters. The van der Waals surface area contributed by atoms with Gasteiger partial charge in [0.2, 0.25) is 5.91 Å². The van der Waals surface area contributed by atoms with Crippen molar-refractivity contribution in [3.05, 3.63) is 30.1 Å². The second kappa shape index (κ2) is 8.11. The van der Waals surface area contributed by atoms with Crippen LogP contribution in [-0.2, 0) is 9.53 Å². The number of aromatic nitrogens is 2. The smallest absolute Gasteiger partial charge is 0.409 e. The Kier molecular flexibility index (Phi) is 5.63. The molecule has 0 radical (unpaired) electrons. The van der Waals surface area contributed by atoms with Crippen molar-refractivity contribution in [1.82, 2.24) is 14.9 Å². The van der Waals surface area contributed by atoms with E-state index in [1.165, 1.54) is 6.08 Å². The van der Waals surface area contributed by atoms with Gasteiger partial charge in [0.05, 0.1) is 18.5 Å². The molecule has 0 atom stereocenters. The highest BCUT2D eigenvalue weighted by Crippen LogP contribution is 2.24. The molecule has 1 aliphatic rings. The Morgan fingerprint density at radius 1 is 1.33 bits per heavy atom. The van der Waals surface area contributed by atoms with Gasteiger partial charge in [0.25, 0.3) is 0 Å². The van der Waals surface area contributed by atoms with Crippen molar-refractivity contribution in [2.45, 2.75) is 13.8 Å². The van der Waals surface area contributed by atoms with Gasteiger partial charge in [-0.15, -0.1) is 0 Å². The molecule has 0 saturated carbocycles. The van der Waals surface area contributed by atoms with Crippen LogP contribution >= 0.6 is 0 Å². The Labute approximate surface area is 158 Å². The van der Waals surface area contributed by atoms with E-state index in [2.05, 4.69) is 14.9 Å². The molecule has 0 bridgehead atoms. The molecule has 3 heterocycles. The largest absolute Gasteiger partial charge is 0.449 e. The molecule has 1 fully saturated rings. The van der Waals surface area contributed by atoms with Gasteiger partial charge >= 0.3 is 6.09 Å². The van der Waals surface area contributed by atoms with Crippen molar-refractivity contribution >= 4 is 34.8 Å². The number of carbonyl (C=O) groups is 2. The fraction of sp³-hybridized carbons (Fsp3) is 0.421. The second-order valence-electron chi connectivity index (χ2n) is 7.01. The van der Waals surface area contributed by atoms with Crippen LogP contribution in [0.1, 0.15) is 19.4 Å². The number of ether oxygens (including phenoxy) is 1. The van der Waals surface area contributed by atoms with Gasteiger partial charge in [-0.2, -0.15) is 0 Å². The Bertz CT molecular complexity index is 850. The van der Waals surface area contributed by atoms with Crippen molar-refractivity contribution in [2.75, 3.05) is 37.7 Å². The number of primary amides is 1. The molecule has 27 heavy (non-hydrogen) atoms. The molecule has 0 spiro atoms. The molecule has 1 saturated heterocycles. The molecule has 3 rings (SSSR count). The van der Waals surface area contributed by atoms with Crippen molar-refractivity contribution in [2.24, 2.45) is 11.7 Å². The summed E-state index contributed by atoms with van der Waals surface area (Å²) >= 11 is 0. The number of carbonyl (C=O) groups excluding carboxylic acids is 2. The van der Waals surface area contributed by atoms with Crippen LogP contribution in [0.5, 0.6) is 0 Å². The summed E-state index contributed by atoms with van der Waals surface area (Å²) in [7, 11) is 0. The number of anilines is 1. The van der Waals surface area contributed by atoms with E-state index in [-0.39, 0.29) is 6.09 Å². The standard InChI is InChI=1S/C19H25N5O3/c1-13(2)12-27-19(26)24-7-5-23(6-8-24)15-9-16-14(3-4-17(20)25)10-21-18(16)22-11-15/h3-4,9-11,13H,5-8,12H2,1-2H3,(H2,20,25)(H,21,22). The van der Waals surface area contributed by atoms with Crippen LogP contribution in [0.2, 0.25) is 0 Å². The first-order chi connectivity index (χ1) is 12.9. The van der Waals surface area contributed by atoms with E-state index in [0.29, 0.717) is 38.7 Å². The van der Waals surface area contributed by atoms with Crippen molar-refractivity contribution in [1.29, 1.82) is 0 Å². The zero-order chi connectivity index (χ0) is 19.4. The Hall–Kier alpha value is -3.03. The highest BCUT2D eigenvalue weighted by Gasteiger charge is 2.23. The van der Waals surface area contributed by atoms with Crippen LogP contribution in [0.4, 0.5) is 10.5 Å². The lowest BCUT2D eigenvalue weighted by Gasteiger charge is -2.35. The lowest BCUT2D eigenvalue weighted by Crippen LogP contribution is -2.49. The van der Waals surface area contributed by atoms with E-state index in [4.69, 9.17) is 10.5 Å². The van der Waals surface area contributed by atoms with Crippen molar-refractivity contribution in [3.63, 3.8) is 0 Å². The van der Waals surface area contributed by atoms with E-state index in [1.54, 1.807) is 17.2 Å². The number of nitrogens with two attached hydrogens (primary N) is 1. The van der Waals surface area contributed by atoms with Gasteiger partial charge in [-0.25, -0.2) is 9.78 Å². The lowest BCUT2D eigenvalue weighted by molar-refractivity contribution is -0.113. The third kappa shape index (κ3) is 4.58. The molecule has 1 aliphatic heterocycles. The predicted molar refractivity (Wildman–Crippen MR) is 104 cm³/mol. The summed E-state index contributed by atoms with van der Waals surface area (Å²) < 4.78 is 5.30. The first kappa shape index (κ1) is 18.8. The number of hydrogen-bond donors (Lipinski definition) is 2. The number of fused-ring (bicyclic) bond motifs is 1. The SMILES string of the molecule is CC(C)COC(=O)N1CCN(c2cnc3[nH]cc(C=CC(N)=O)c3c2)CC1. The summed E-state index contributed by atoms with van der Waals surface area (Å²) in [6.45, 7) is 7.11. The van der Waals surface area contributed by atoms with Gasteiger partial charge in [0, 0.05) is 49.4 Å². The van der Waals surface area contributed by atoms with Gasteiger partial charge < -0.3 is 25.3 Å². The van der Waals surface area contributed by atoms with E-state index in [1.807, 2.05) is 26.1 Å². The molecule has 8 nitrogen and oxygen atoms in total. The van der Waals surface area contributed by atoms with Gasteiger partial charge in [-0.1, -0.05) is 13.8 Å². The minimum absolute atomic E-state index is 0.249. The monoisotopic (exact) mass is 371 g/mol. The second-order valence-corrected chi connectivity index (χ2v) is 7.01. The van der Waals surface area contributed by atoms with Gasteiger partial charge in [-0.3, -0.25) is 4.79 Å². The number of aromatic amines is 1. The quantitative estimate of drug-likeness (QED) is 0.782. The summed E-state index contributed by atoms with van der Waals surface area (Å²) in [5.41, 5.74) is 7.76. The Morgan fingerprint density at radius 3 is 2.74 bits per heavy atom. The van der Waals surface area contributed by atoms with Crippen LogP contribution in [0.3, 0.4) is 0 Å². The Balaban J connectivity index is 1.67. The zero-order valence-electron chi connectivity index (χ0n) is 15.6. The molecule has 0 aliphatic carbocycles. The molecule has 8 heteroatoms. The minimum atomic E-state index is -0.492. The Morgan fingerprint density at radius 2 is 2.07 bits per heavy atom. The summed E-state index contributed by atoms with van der Waals surface area (Å²) in [6, 6.07) is 2.03. The number of rotatable bonds is 5. The average molecular weight is 371 g/mol. The number of nitrogens with one attached hydrogen (secondary N) is 1. The van der Waals surface area contributed by atoms with Gasteiger partial charge in [0.1, 0.15) is 5.65 Å². The van der Waals surface area contributed by atoms with Crippen molar-refractivity contribution in [3.8, 4) is 0 Å². The summed E-state index contributed by atoms with van der Waals surface area (Å²) in [5.74, 6) is -0.166. The van der Waals surface area contributed by atoms with E-state index < -0.39 is 5.91 Å². The van der Waals surface area contributed by atoms with E-state index in [0.717, 1.165) is 22.3 Å². The summed E-state index contributed by atoms with van der Waals surface area (Å²) in [6.07, 6.45) is 6.37. The number of hydrogen-bond acceptors (Lipinski definition) is 5. The maximum Gasteiger partial charge on any atom is 0.409 e. The normalized spacial score (nSPS) is 15.1. The zero-order valence-corrected chi connectivity index (χ0v) is 15.6. The van der Waals surface area contributed by atoms with Crippen LogP contribution in [0, 0.1) is 5.92 Å². The number of amides is 2. The molecule has 2 aromatic rings.